The predicted octanol–water partition coefficient (Wildman–Crippen LogP) is 8.45. The van der Waals surface area contributed by atoms with E-state index in [1.165, 1.54) is 22.3 Å². The Bertz CT molecular complexity index is 2990. The SMILES string of the molecule is CCOC(=O)c1ncsc1-c1ccc(CNC(=O)[C@@H]2C[C@@H](O)CN2C(=O)[C@@H](NC(=O)COCCCCOc2ccc(-c3ccc(N4C(=S)N(c5ccc(C#N)c(C(F)(F)F)c5)C(=O)C4(C)C)cc3)cc2)C(C)(C)C)cc1. The predicted molar refractivity (Wildman–Crippen MR) is 283 cm³/mol. The Morgan fingerprint density at radius 1 is 0.934 bits per heavy atom. The van der Waals surface area contributed by atoms with Gasteiger partial charge in [0.15, 0.2) is 10.8 Å². The number of alkyl halides is 3. The molecule has 4 amide bonds. The molecule has 3 atom stereocenters. The van der Waals surface area contributed by atoms with E-state index in [0.717, 1.165) is 39.3 Å². The second-order valence-corrected chi connectivity index (χ2v) is 21.0. The van der Waals surface area contributed by atoms with Crippen molar-refractivity contribution in [2.45, 2.75) is 97.3 Å². The molecule has 4 aromatic carbocycles. The molecule has 0 radical (unpaired) electrons. The van der Waals surface area contributed by atoms with E-state index >= 15 is 0 Å². The van der Waals surface area contributed by atoms with Gasteiger partial charge in [0.05, 0.1) is 52.6 Å². The summed E-state index contributed by atoms with van der Waals surface area (Å²) in [5.74, 6) is -1.84. The number of carbonyl (C=O) groups is 5. The molecule has 7 rings (SSSR count). The normalized spacial score (nSPS) is 16.8. The number of carbonyl (C=O) groups excluding carboxylic acids is 5. The van der Waals surface area contributed by atoms with Crippen molar-refractivity contribution in [3.05, 3.63) is 119 Å². The van der Waals surface area contributed by atoms with Crippen LogP contribution in [-0.4, -0.2) is 106 Å². The molecule has 0 saturated carbocycles. The molecule has 2 aliphatic rings. The standard InChI is InChI=1S/C55H58F3N7O9S2/c1-7-73-50(70)45-46(76-32-61-45)36-12-10-33(11-13-36)29-60-48(68)43-27-40(66)30-63(43)49(69)47(53(2,3)4)62-44(67)31-72-24-8-9-25-74-41-22-17-35(18-23-41)34-14-19-38(20-15-34)65-52(75)64(51(71)54(65,5)6)39-21-16-37(28-59)42(26-39)55(56,57)58/h10-23,26,32,40,43,47,66H,7-9,24-25,27,29-31H2,1-6H3,(H,60,68)(H,62,67)/t40-,43+,47-/m1/s1. The lowest BCUT2D eigenvalue weighted by Gasteiger charge is -2.35. The highest BCUT2D eigenvalue weighted by Gasteiger charge is 2.51. The number of likely N-dealkylation sites (tertiary alicyclic amines) is 1. The maximum atomic E-state index is 14.1. The topological polar surface area (TPSA) is 204 Å². The van der Waals surface area contributed by atoms with Crippen molar-refractivity contribution in [2.75, 3.05) is 42.8 Å². The molecule has 1 aromatic heterocycles. The fraction of sp³-hybridized carbons (Fsp3) is 0.382. The van der Waals surface area contributed by atoms with Crippen molar-refractivity contribution in [3.63, 3.8) is 0 Å². The molecule has 16 nitrogen and oxygen atoms in total. The van der Waals surface area contributed by atoms with E-state index < -0.39 is 76.0 Å². The Hall–Kier alpha value is -7.25. The number of hydrogen-bond donors (Lipinski definition) is 3. The van der Waals surface area contributed by atoms with Crippen LogP contribution in [0.3, 0.4) is 0 Å². The van der Waals surface area contributed by atoms with Crippen molar-refractivity contribution in [1.82, 2.24) is 20.5 Å². The molecule has 2 saturated heterocycles. The highest BCUT2D eigenvalue weighted by molar-refractivity contribution is 7.81. The van der Waals surface area contributed by atoms with Crippen molar-refractivity contribution in [3.8, 4) is 33.4 Å². The first-order chi connectivity index (χ1) is 36.0. The van der Waals surface area contributed by atoms with Gasteiger partial charge in [0.25, 0.3) is 5.91 Å². The van der Waals surface area contributed by atoms with E-state index in [9.17, 15) is 47.5 Å². The lowest BCUT2D eigenvalue weighted by molar-refractivity contribution is -0.144. The number of aliphatic hydroxyl groups is 1. The molecule has 5 aromatic rings. The Morgan fingerprint density at radius 3 is 2.20 bits per heavy atom. The van der Waals surface area contributed by atoms with E-state index in [-0.39, 0.29) is 55.8 Å². The zero-order valence-electron chi connectivity index (χ0n) is 42.7. The highest BCUT2D eigenvalue weighted by Crippen LogP contribution is 2.40. The molecule has 2 aliphatic heterocycles. The van der Waals surface area contributed by atoms with Gasteiger partial charge in [0, 0.05) is 31.8 Å². The molecular formula is C55H58F3N7O9S2. The number of amides is 4. The molecule has 400 valence electrons. The minimum atomic E-state index is -4.81. The first-order valence-corrected chi connectivity index (χ1v) is 25.8. The summed E-state index contributed by atoms with van der Waals surface area (Å²) < 4.78 is 58.0. The fourth-order valence-corrected chi connectivity index (χ4v) is 10.2. The van der Waals surface area contributed by atoms with Crippen LogP contribution >= 0.6 is 23.6 Å². The number of aromatic nitrogens is 1. The number of hydrogen-bond acceptors (Lipinski definition) is 13. The fourth-order valence-electron chi connectivity index (χ4n) is 8.87. The average molecular weight is 1080 g/mol. The number of ether oxygens (including phenoxy) is 3. The molecule has 3 heterocycles. The summed E-state index contributed by atoms with van der Waals surface area (Å²) in [7, 11) is 0. The minimum Gasteiger partial charge on any atom is -0.494 e. The Labute approximate surface area is 447 Å². The summed E-state index contributed by atoms with van der Waals surface area (Å²) in [4.78, 5) is 75.5. The minimum absolute atomic E-state index is 0.00306. The summed E-state index contributed by atoms with van der Waals surface area (Å²) >= 11 is 6.98. The van der Waals surface area contributed by atoms with Crippen LogP contribution in [0.25, 0.3) is 21.6 Å². The Kier molecular flexibility index (Phi) is 17.6. The van der Waals surface area contributed by atoms with Crippen LogP contribution in [-0.2, 0) is 41.4 Å². The van der Waals surface area contributed by atoms with Gasteiger partial charge in [-0.2, -0.15) is 18.4 Å². The van der Waals surface area contributed by atoms with Gasteiger partial charge in [-0.05, 0) is 116 Å². The maximum absolute atomic E-state index is 14.1. The highest BCUT2D eigenvalue weighted by atomic mass is 32.1. The quantitative estimate of drug-likeness (QED) is 0.0404. The molecule has 21 heteroatoms. The van der Waals surface area contributed by atoms with Crippen LogP contribution in [0.5, 0.6) is 5.75 Å². The van der Waals surface area contributed by atoms with Gasteiger partial charge in [-0.1, -0.05) is 69.3 Å². The molecule has 0 aliphatic carbocycles. The molecule has 0 unspecified atom stereocenters. The lowest BCUT2D eigenvalue weighted by atomic mass is 9.85. The maximum Gasteiger partial charge on any atom is 0.417 e. The third kappa shape index (κ3) is 12.9. The van der Waals surface area contributed by atoms with Crippen molar-refractivity contribution >= 4 is 69.6 Å². The number of nitriles is 1. The summed E-state index contributed by atoms with van der Waals surface area (Å²) in [6.45, 7) is 11.0. The van der Waals surface area contributed by atoms with Crippen LogP contribution < -0.4 is 25.2 Å². The van der Waals surface area contributed by atoms with E-state index in [4.69, 9.17) is 26.4 Å². The zero-order valence-corrected chi connectivity index (χ0v) is 44.4. The van der Waals surface area contributed by atoms with Crippen molar-refractivity contribution < 1.29 is 56.5 Å². The molecule has 0 bridgehead atoms. The second kappa shape index (κ2) is 23.7. The number of halogens is 3. The van der Waals surface area contributed by atoms with Crippen LogP contribution in [0.1, 0.15) is 88.0 Å². The van der Waals surface area contributed by atoms with Crippen LogP contribution in [0, 0.1) is 16.7 Å². The number of esters is 1. The van der Waals surface area contributed by atoms with Gasteiger partial charge in [0.1, 0.15) is 30.0 Å². The lowest BCUT2D eigenvalue weighted by Crippen LogP contribution is -2.58. The number of nitrogens with one attached hydrogen (secondary N) is 2. The van der Waals surface area contributed by atoms with Gasteiger partial charge in [-0.3, -0.25) is 24.1 Å². The zero-order chi connectivity index (χ0) is 55.1. The van der Waals surface area contributed by atoms with Gasteiger partial charge in [-0.25, -0.2) is 9.78 Å². The molecular weight excluding hydrogens is 1020 g/mol. The van der Waals surface area contributed by atoms with Crippen LogP contribution in [0.15, 0.2) is 96.5 Å². The van der Waals surface area contributed by atoms with E-state index in [0.29, 0.717) is 35.8 Å². The van der Waals surface area contributed by atoms with Crippen molar-refractivity contribution in [1.29, 1.82) is 5.26 Å². The van der Waals surface area contributed by atoms with E-state index in [2.05, 4.69) is 15.6 Å². The van der Waals surface area contributed by atoms with Gasteiger partial charge >= 0.3 is 12.1 Å². The number of anilines is 2. The number of rotatable bonds is 19. The number of β-amino-alcohol motifs (C(OH)–C–C–N with tert-alkyl or cyclic N) is 1. The Morgan fingerprint density at radius 2 is 1.57 bits per heavy atom. The number of unbranched alkanes of at least 4 members (excludes halogenated alkanes) is 1. The van der Waals surface area contributed by atoms with Crippen molar-refractivity contribution in [2.24, 2.45) is 5.41 Å². The summed E-state index contributed by atoms with van der Waals surface area (Å²) in [6, 6.07) is 24.6. The number of benzene rings is 4. The van der Waals surface area contributed by atoms with Crippen LogP contribution in [0.4, 0.5) is 24.5 Å². The first-order valence-electron chi connectivity index (χ1n) is 24.5. The average Bonchev–Trinajstić information content (AvgIpc) is 4.08. The van der Waals surface area contributed by atoms with E-state index in [1.54, 1.807) is 70.2 Å². The Balaban J connectivity index is 0.840. The summed E-state index contributed by atoms with van der Waals surface area (Å²) in [5, 5.41) is 25.5. The second-order valence-electron chi connectivity index (χ2n) is 19.8. The number of thiazole rings is 1. The summed E-state index contributed by atoms with van der Waals surface area (Å²) in [5.41, 5.74) is 1.83. The van der Waals surface area contributed by atoms with Gasteiger partial charge in [0.2, 0.25) is 17.7 Å². The number of nitrogens with zero attached hydrogens (tertiary/aromatic N) is 5. The molecule has 2 fully saturated rings. The third-order valence-electron chi connectivity index (χ3n) is 12.9. The monoisotopic (exact) mass is 1080 g/mol. The van der Waals surface area contributed by atoms with Crippen LogP contribution in [0.2, 0.25) is 0 Å². The number of aliphatic hydroxyl groups excluding tert-OH is 1. The molecule has 0 spiro atoms. The third-order valence-corrected chi connectivity index (χ3v) is 14.1. The van der Waals surface area contributed by atoms with E-state index in [1.807, 2.05) is 60.7 Å². The first kappa shape index (κ1) is 56.5. The smallest absolute Gasteiger partial charge is 0.417 e. The molecule has 3 N–H and O–H groups in total. The molecule has 76 heavy (non-hydrogen) atoms. The van der Waals surface area contributed by atoms with Gasteiger partial charge in [-0.15, -0.1) is 11.3 Å². The largest absolute Gasteiger partial charge is 0.494 e. The summed E-state index contributed by atoms with van der Waals surface area (Å²) in [6.07, 6.45) is -4.51. The van der Waals surface area contributed by atoms with Gasteiger partial charge < -0.3 is 39.8 Å². The number of thiocarbonyl (C=S) groups is 1.